The number of unbranched alkanes of at least 4 members (excludes halogenated alkanes) is 1. The smallest absolute Gasteiger partial charge is 0.110 e. The Labute approximate surface area is 183 Å². The predicted octanol–water partition coefficient (Wildman–Crippen LogP) is 6.11. The SMILES string of the molecule is CCCCc1nc2cccc(COC)c2n1Cc1ccc(-c2ccccc2C#N)cc1. The normalized spacial score (nSPS) is 11.0. The van der Waals surface area contributed by atoms with Gasteiger partial charge in [-0.05, 0) is 35.2 Å². The first-order valence-electron chi connectivity index (χ1n) is 10.8. The van der Waals surface area contributed by atoms with E-state index >= 15 is 0 Å². The first-order valence-corrected chi connectivity index (χ1v) is 10.8. The summed E-state index contributed by atoms with van der Waals surface area (Å²) in [6, 6.07) is 24.8. The molecule has 0 radical (unpaired) electrons. The van der Waals surface area contributed by atoms with Crippen molar-refractivity contribution >= 4 is 11.0 Å². The molecule has 0 aliphatic heterocycles. The summed E-state index contributed by atoms with van der Waals surface area (Å²) in [6.07, 6.45) is 3.22. The molecule has 0 spiro atoms. The lowest BCUT2D eigenvalue weighted by Gasteiger charge is -2.13. The molecule has 0 aliphatic rings. The summed E-state index contributed by atoms with van der Waals surface area (Å²) in [7, 11) is 1.73. The summed E-state index contributed by atoms with van der Waals surface area (Å²) in [5.74, 6) is 1.12. The van der Waals surface area contributed by atoms with Crippen LogP contribution in [0, 0.1) is 11.3 Å². The summed E-state index contributed by atoms with van der Waals surface area (Å²) in [5, 5.41) is 9.41. The molecule has 4 rings (SSSR count). The zero-order valence-electron chi connectivity index (χ0n) is 18.1. The van der Waals surface area contributed by atoms with E-state index in [-0.39, 0.29) is 0 Å². The van der Waals surface area contributed by atoms with Crippen LogP contribution in [0.5, 0.6) is 0 Å². The first kappa shape index (κ1) is 20.8. The lowest BCUT2D eigenvalue weighted by atomic mass is 9.99. The van der Waals surface area contributed by atoms with E-state index in [1.807, 2.05) is 24.3 Å². The molecule has 0 saturated heterocycles. The molecular weight excluding hydrogens is 382 g/mol. The van der Waals surface area contributed by atoms with Crippen molar-refractivity contribution in [1.82, 2.24) is 9.55 Å². The molecule has 0 atom stereocenters. The molecule has 0 saturated carbocycles. The monoisotopic (exact) mass is 409 g/mol. The maximum Gasteiger partial charge on any atom is 0.110 e. The molecule has 3 aromatic carbocycles. The van der Waals surface area contributed by atoms with Gasteiger partial charge in [-0.25, -0.2) is 4.98 Å². The van der Waals surface area contributed by atoms with Crippen molar-refractivity contribution in [2.75, 3.05) is 7.11 Å². The van der Waals surface area contributed by atoms with Crippen LogP contribution in [-0.4, -0.2) is 16.7 Å². The van der Waals surface area contributed by atoms with Crippen LogP contribution in [0.3, 0.4) is 0 Å². The largest absolute Gasteiger partial charge is 0.380 e. The highest BCUT2D eigenvalue weighted by Gasteiger charge is 2.14. The van der Waals surface area contributed by atoms with Crippen LogP contribution in [0.4, 0.5) is 0 Å². The average molecular weight is 410 g/mol. The highest BCUT2D eigenvalue weighted by atomic mass is 16.5. The van der Waals surface area contributed by atoms with Gasteiger partial charge >= 0.3 is 0 Å². The van der Waals surface area contributed by atoms with E-state index in [0.29, 0.717) is 12.2 Å². The number of methoxy groups -OCH3 is 1. The van der Waals surface area contributed by atoms with Crippen molar-refractivity contribution in [2.24, 2.45) is 0 Å². The van der Waals surface area contributed by atoms with Crippen LogP contribution in [0.2, 0.25) is 0 Å². The van der Waals surface area contributed by atoms with Crippen LogP contribution in [0.25, 0.3) is 22.2 Å². The molecule has 0 fully saturated rings. The van der Waals surface area contributed by atoms with Gasteiger partial charge in [0.1, 0.15) is 5.82 Å². The molecule has 0 unspecified atom stereocenters. The minimum absolute atomic E-state index is 0.570. The zero-order chi connectivity index (χ0) is 21.6. The van der Waals surface area contributed by atoms with Gasteiger partial charge in [0, 0.05) is 25.6 Å². The van der Waals surface area contributed by atoms with Gasteiger partial charge in [0.15, 0.2) is 0 Å². The number of hydrogen-bond donors (Lipinski definition) is 0. The van der Waals surface area contributed by atoms with Gasteiger partial charge in [-0.15, -0.1) is 0 Å². The molecule has 1 heterocycles. The van der Waals surface area contributed by atoms with E-state index in [4.69, 9.17) is 9.72 Å². The van der Waals surface area contributed by atoms with Crippen molar-refractivity contribution in [1.29, 1.82) is 5.26 Å². The molecular formula is C27H27N3O. The Morgan fingerprint density at radius 3 is 2.55 bits per heavy atom. The number of para-hydroxylation sites is 1. The van der Waals surface area contributed by atoms with Crippen molar-refractivity contribution < 1.29 is 4.74 Å². The van der Waals surface area contributed by atoms with Crippen molar-refractivity contribution in [3.8, 4) is 17.2 Å². The van der Waals surface area contributed by atoms with Gasteiger partial charge in [0.25, 0.3) is 0 Å². The zero-order valence-corrected chi connectivity index (χ0v) is 18.1. The lowest BCUT2D eigenvalue weighted by Crippen LogP contribution is -2.07. The second-order valence-corrected chi connectivity index (χ2v) is 7.79. The number of aromatic nitrogens is 2. The molecule has 0 amide bonds. The van der Waals surface area contributed by atoms with Crippen molar-refractivity contribution in [2.45, 2.75) is 39.3 Å². The van der Waals surface area contributed by atoms with Gasteiger partial charge in [-0.2, -0.15) is 5.26 Å². The second-order valence-electron chi connectivity index (χ2n) is 7.79. The Bertz CT molecular complexity index is 1220. The molecule has 31 heavy (non-hydrogen) atoms. The Balaban J connectivity index is 1.71. The minimum Gasteiger partial charge on any atom is -0.380 e. The molecule has 1 aromatic heterocycles. The van der Waals surface area contributed by atoms with E-state index in [1.54, 1.807) is 7.11 Å². The van der Waals surface area contributed by atoms with Gasteiger partial charge in [-0.3, -0.25) is 0 Å². The molecule has 156 valence electrons. The number of nitrogens with zero attached hydrogens (tertiary/aromatic N) is 3. The number of imidazole rings is 1. The van der Waals surface area contributed by atoms with E-state index < -0.39 is 0 Å². The minimum atomic E-state index is 0.570. The number of aryl methyl sites for hydroxylation is 1. The van der Waals surface area contributed by atoms with Crippen LogP contribution in [0.15, 0.2) is 66.7 Å². The number of rotatable bonds is 8. The maximum atomic E-state index is 9.41. The highest BCUT2D eigenvalue weighted by Crippen LogP contribution is 2.26. The molecule has 0 N–H and O–H groups in total. The molecule has 0 aliphatic carbocycles. The summed E-state index contributed by atoms with van der Waals surface area (Å²) >= 11 is 0. The van der Waals surface area contributed by atoms with Crippen molar-refractivity contribution in [3.05, 3.63) is 89.2 Å². The third kappa shape index (κ3) is 4.38. The molecule has 4 aromatic rings. The Morgan fingerprint density at radius 2 is 1.81 bits per heavy atom. The van der Waals surface area contributed by atoms with E-state index in [9.17, 15) is 5.26 Å². The van der Waals surface area contributed by atoms with Crippen LogP contribution in [-0.2, 0) is 24.3 Å². The Kier molecular flexibility index (Phi) is 6.45. The van der Waals surface area contributed by atoms with Crippen LogP contribution < -0.4 is 0 Å². The summed E-state index contributed by atoms with van der Waals surface area (Å²) < 4.78 is 7.80. The summed E-state index contributed by atoms with van der Waals surface area (Å²) in [6.45, 7) is 3.54. The van der Waals surface area contributed by atoms with Crippen molar-refractivity contribution in [3.63, 3.8) is 0 Å². The van der Waals surface area contributed by atoms with E-state index in [0.717, 1.165) is 59.4 Å². The number of hydrogen-bond acceptors (Lipinski definition) is 3. The molecule has 4 nitrogen and oxygen atoms in total. The average Bonchev–Trinajstić information content (AvgIpc) is 3.16. The van der Waals surface area contributed by atoms with Gasteiger partial charge in [0.05, 0.1) is 29.3 Å². The number of benzene rings is 3. The third-order valence-electron chi connectivity index (χ3n) is 5.64. The lowest BCUT2D eigenvalue weighted by molar-refractivity contribution is 0.185. The summed E-state index contributed by atoms with van der Waals surface area (Å²) in [4.78, 5) is 4.95. The van der Waals surface area contributed by atoms with Gasteiger partial charge in [-0.1, -0.05) is 67.9 Å². The fraction of sp³-hybridized carbons (Fsp3) is 0.259. The topological polar surface area (TPSA) is 50.8 Å². The summed E-state index contributed by atoms with van der Waals surface area (Å²) in [5.41, 5.74) is 7.28. The molecule has 0 bridgehead atoms. The fourth-order valence-corrected chi connectivity index (χ4v) is 4.08. The maximum absolute atomic E-state index is 9.41. The highest BCUT2D eigenvalue weighted by molar-refractivity contribution is 5.80. The van der Waals surface area contributed by atoms with Crippen LogP contribution >= 0.6 is 0 Å². The van der Waals surface area contributed by atoms with Gasteiger partial charge in [0.2, 0.25) is 0 Å². The number of ether oxygens (including phenoxy) is 1. The predicted molar refractivity (Wildman–Crippen MR) is 125 cm³/mol. The third-order valence-corrected chi connectivity index (χ3v) is 5.64. The van der Waals surface area contributed by atoms with E-state index in [2.05, 4.69) is 60.0 Å². The Hall–Kier alpha value is -3.42. The second kappa shape index (κ2) is 9.59. The fourth-order valence-electron chi connectivity index (χ4n) is 4.08. The quantitative estimate of drug-likeness (QED) is 0.353. The van der Waals surface area contributed by atoms with E-state index in [1.165, 1.54) is 5.56 Å². The molecule has 4 heteroatoms. The first-order chi connectivity index (χ1) is 15.2. The Morgan fingerprint density at radius 1 is 1.00 bits per heavy atom. The number of nitriles is 1. The van der Waals surface area contributed by atoms with Gasteiger partial charge < -0.3 is 9.30 Å². The standard InChI is InChI=1S/C27H27N3O/c1-3-4-12-26-29-25-11-7-9-23(19-31-2)27(25)30(26)18-20-13-15-21(16-14-20)24-10-6-5-8-22(24)17-28/h5-11,13-16H,3-4,12,18-19H2,1-2H3. The van der Waals surface area contributed by atoms with Crippen LogP contribution in [0.1, 0.15) is 42.3 Å². The number of fused-ring (bicyclic) bond motifs is 1.